The van der Waals surface area contributed by atoms with Crippen molar-refractivity contribution < 1.29 is 23.7 Å². The number of rotatable bonds is 7. The van der Waals surface area contributed by atoms with Crippen molar-refractivity contribution in [3.05, 3.63) is 66.2 Å². The van der Waals surface area contributed by atoms with E-state index in [0.29, 0.717) is 17.2 Å². The molecule has 0 aromatic heterocycles. The van der Waals surface area contributed by atoms with Gasteiger partial charge in [-0.05, 0) is 29.0 Å². The van der Waals surface area contributed by atoms with Crippen LogP contribution in [-0.2, 0) is 16.1 Å². The Labute approximate surface area is 152 Å². The Morgan fingerprint density at radius 3 is 2.46 bits per heavy atom. The first-order valence-corrected chi connectivity index (χ1v) is 8.18. The van der Waals surface area contributed by atoms with Crippen molar-refractivity contribution in [2.75, 3.05) is 20.8 Å². The highest BCUT2D eigenvalue weighted by Crippen LogP contribution is 2.31. The molecule has 0 amide bonds. The molecule has 0 bridgehead atoms. The van der Waals surface area contributed by atoms with Crippen LogP contribution in [0.3, 0.4) is 0 Å². The minimum atomic E-state index is -0.456. The van der Waals surface area contributed by atoms with Gasteiger partial charge in [-0.3, -0.25) is 0 Å². The standard InChI is InChI=1S/C21H20O5/c1-23-19-9-5-8-17(21(19)24-2)13-26-20(22)14-25-18-11-10-15-6-3-4-7-16(15)12-18/h3-12H,13-14H2,1-2H3. The predicted molar refractivity (Wildman–Crippen MR) is 98.8 cm³/mol. The lowest BCUT2D eigenvalue weighted by Crippen LogP contribution is -2.15. The van der Waals surface area contributed by atoms with Gasteiger partial charge in [0.25, 0.3) is 0 Å². The van der Waals surface area contributed by atoms with Crippen LogP contribution in [0.25, 0.3) is 10.8 Å². The Hall–Kier alpha value is -3.21. The van der Waals surface area contributed by atoms with E-state index in [4.69, 9.17) is 18.9 Å². The lowest BCUT2D eigenvalue weighted by molar-refractivity contribution is -0.147. The van der Waals surface area contributed by atoms with E-state index in [9.17, 15) is 4.79 Å². The summed E-state index contributed by atoms with van der Waals surface area (Å²) in [5.74, 6) is 1.31. The largest absolute Gasteiger partial charge is 0.493 e. The van der Waals surface area contributed by atoms with Gasteiger partial charge >= 0.3 is 5.97 Å². The topological polar surface area (TPSA) is 54.0 Å². The molecule has 0 aliphatic rings. The fourth-order valence-corrected chi connectivity index (χ4v) is 2.67. The Bertz CT molecular complexity index is 904. The summed E-state index contributed by atoms with van der Waals surface area (Å²) in [6.45, 7) is -0.0785. The Kier molecular flexibility index (Phi) is 5.59. The molecule has 5 nitrogen and oxygen atoms in total. The van der Waals surface area contributed by atoms with Crippen LogP contribution in [0.2, 0.25) is 0 Å². The SMILES string of the molecule is COc1cccc(COC(=O)COc2ccc3ccccc3c2)c1OC. The number of para-hydroxylation sites is 1. The summed E-state index contributed by atoms with van der Waals surface area (Å²) in [6, 6.07) is 19.1. The molecule has 3 aromatic rings. The molecule has 0 saturated carbocycles. The number of methoxy groups -OCH3 is 2. The molecule has 5 heteroatoms. The number of hydrogen-bond donors (Lipinski definition) is 0. The smallest absolute Gasteiger partial charge is 0.344 e. The molecule has 0 heterocycles. The minimum Gasteiger partial charge on any atom is -0.493 e. The van der Waals surface area contributed by atoms with Gasteiger partial charge in [0.2, 0.25) is 0 Å². The highest BCUT2D eigenvalue weighted by molar-refractivity contribution is 5.83. The summed E-state index contributed by atoms with van der Waals surface area (Å²) in [6.07, 6.45) is 0. The number of benzene rings is 3. The highest BCUT2D eigenvalue weighted by atomic mass is 16.6. The Morgan fingerprint density at radius 2 is 1.69 bits per heavy atom. The molecular formula is C21H20O5. The number of carbonyl (C=O) groups excluding carboxylic acids is 1. The maximum Gasteiger partial charge on any atom is 0.344 e. The molecular weight excluding hydrogens is 332 g/mol. The van der Waals surface area contributed by atoms with Crippen LogP contribution in [0.4, 0.5) is 0 Å². The zero-order valence-electron chi connectivity index (χ0n) is 14.7. The van der Waals surface area contributed by atoms with Gasteiger partial charge in [0.05, 0.1) is 14.2 Å². The van der Waals surface area contributed by atoms with Crippen LogP contribution < -0.4 is 14.2 Å². The number of fused-ring (bicyclic) bond motifs is 1. The Morgan fingerprint density at radius 1 is 0.885 bits per heavy atom. The fourth-order valence-electron chi connectivity index (χ4n) is 2.67. The molecule has 0 saturated heterocycles. The van der Waals surface area contributed by atoms with Gasteiger partial charge in [-0.15, -0.1) is 0 Å². The number of carbonyl (C=O) groups is 1. The highest BCUT2D eigenvalue weighted by Gasteiger charge is 2.12. The second-order valence-electron chi connectivity index (χ2n) is 5.61. The van der Waals surface area contributed by atoms with Gasteiger partial charge in [0, 0.05) is 5.56 Å². The summed E-state index contributed by atoms with van der Waals surface area (Å²) in [4.78, 5) is 12.0. The van der Waals surface area contributed by atoms with Crippen molar-refractivity contribution in [3.8, 4) is 17.2 Å². The third-order valence-electron chi connectivity index (χ3n) is 3.95. The van der Waals surface area contributed by atoms with Crippen LogP contribution >= 0.6 is 0 Å². The summed E-state index contributed by atoms with van der Waals surface area (Å²) >= 11 is 0. The summed E-state index contributed by atoms with van der Waals surface area (Å²) in [5, 5.41) is 2.17. The van der Waals surface area contributed by atoms with Gasteiger partial charge in [0.1, 0.15) is 12.4 Å². The molecule has 0 fully saturated rings. The van der Waals surface area contributed by atoms with Gasteiger partial charge in [-0.1, -0.05) is 42.5 Å². The molecule has 0 aliphatic carbocycles. The van der Waals surface area contributed by atoms with E-state index < -0.39 is 5.97 Å². The predicted octanol–water partition coefficient (Wildman–Crippen LogP) is 3.98. The van der Waals surface area contributed by atoms with Crippen molar-refractivity contribution in [2.24, 2.45) is 0 Å². The average Bonchev–Trinajstić information content (AvgIpc) is 2.70. The third kappa shape index (κ3) is 4.06. The maximum absolute atomic E-state index is 12.0. The molecule has 134 valence electrons. The number of esters is 1. The van der Waals surface area contributed by atoms with Crippen molar-refractivity contribution in [1.29, 1.82) is 0 Å². The van der Waals surface area contributed by atoms with Crippen molar-refractivity contribution in [1.82, 2.24) is 0 Å². The van der Waals surface area contributed by atoms with Gasteiger partial charge in [-0.25, -0.2) is 4.79 Å². The lowest BCUT2D eigenvalue weighted by atomic mass is 10.1. The first kappa shape index (κ1) is 17.6. The first-order valence-electron chi connectivity index (χ1n) is 8.18. The van der Waals surface area contributed by atoms with Crippen molar-refractivity contribution in [3.63, 3.8) is 0 Å². The van der Waals surface area contributed by atoms with Crippen molar-refractivity contribution >= 4 is 16.7 Å². The van der Waals surface area contributed by atoms with E-state index in [2.05, 4.69) is 0 Å². The van der Waals surface area contributed by atoms with Gasteiger partial charge in [-0.2, -0.15) is 0 Å². The van der Waals surface area contributed by atoms with Crippen LogP contribution in [0.15, 0.2) is 60.7 Å². The maximum atomic E-state index is 12.0. The number of ether oxygens (including phenoxy) is 4. The lowest BCUT2D eigenvalue weighted by Gasteiger charge is -2.13. The van der Waals surface area contributed by atoms with Crippen LogP contribution in [0, 0.1) is 0 Å². The van der Waals surface area contributed by atoms with Crippen molar-refractivity contribution in [2.45, 2.75) is 6.61 Å². The Balaban J connectivity index is 1.57. The molecule has 0 spiro atoms. The second-order valence-corrected chi connectivity index (χ2v) is 5.61. The van der Waals surface area contributed by atoms with Crippen LogP contribution in [0.1, 0.15) is 5.56 Å². The third-order valence-corrected chi connectivity index (χ3v) is 3.95. The molecule has 3 rings (SSSR count). The van der Waals surface area contributed by atoms with E-state index in [1.54, 1.807) is 20.3 Å². The summed E-state index contributed by atoms with van der Waals surface area (Å²) < 4.78 is 21.4. The van der Waals surface area contributed by atoms with E-state index in [0.717, 1.165) is 16.3 Å². The molecule has 0 N–H and O–H groups in total. The van der Waals surface area contributed by atoms with Gasteiger partial charge in [0.15, 0.2) is 18.1 Å². The van der Waals surface area contributed by atoms with E-state index in [1.165, 1.54) is 0 Å². The van der Waals surface area contributed by atoms with Crippen LogP contribution in [0.5, 0.6) is 17.2 Å². The molecule has 3 aromatic carbocycles. The second kappa shape index (κ2) is 8.25. The van der Waals surface area contributed by atoms with Gasteiger partial charge < -0.3 is 18.9 Å². The molecule has 0 aliphatic heterocycles. The zero-order chi connectivity index (χ0) is 18.4. The molecule has 26 heavy (non-hydrogen) atoms. The van der Waals surface area contributed by atoms with Crippen LogP contribution in [-0.4, -0.2) is 26.8 Å². The van der Waals surface area contributed by atoms with E-state index >= 15 is 0 Å². The molecule has 0 atom stereocenters. The normalized spacial score (nSPS) is 10.4. The number of hydrogen-bond acceptors (Lipinski definition) is 5. The monoisotopic (exact) mass is 352 g/mol. The summed E-state index contributed by atoms with van der Waals surface area (Å²) in [7, 11) is 3.11. The summed E-state index contributed by atoms with van der Waals surface area (Å²) in [5.41, 5.74) is 0.728. The van der Waals surface area contributed by atoms with E-state index in [-0.39, 0.29) is 13.2 Å². The molecule has 0 unspecified atom stereocenters. The average molecular weight is 352 g/mol. The first-order chi connectivity index (χ1) is 12.7. The fraction of sp³-hybridized carbons (Fsp3) is 0.190. The quantitative estimate of drug-likeness (QED) is 0.602. The van der Waals surface area contributed by atoms with E-state index in [1.807, 2.05) is 54.6 Å². The minimum absolute atomic E-state index is 0.0836. The molecule has 0 radical (unpaired) electrons. The zero-order valence-corrected chi connectivity index (χ0v) is 14.7.